The molecule has 4 nitrogen and oxygen atoms in total. The summed E-state index contributed by atoms with van der Waals surface area (Å²) in [7, 11) is 0. The average Bonchev–Trinajstić information content (AvgIpc) is 3.74. The van der Waals surface area contributed by atoms with Crippen molar-refractivity contribution in [1.82, 2.24) is 14.0 Å². The van der Waals surface area contributed by atoms with Crippen molar-refractivity contribution in [2.24, 2.45) is 0 Å². The van der Waals surface area contributed by atoms with Crippen molar-refractivity contribution >= 4 is 93.2 Å². The van der Waals surface area contributed by atoms with Crippen molar-refractivity contribution in [3.8, 4) is 5.69 Å². The van der Waals surface area contributed by atoms with Gasteiger partial charge in [-0.25, -0.2) is 4.98 Å². The molecule has 3 heterocycles. The van der Waals surface area contributed by atoms with Crippen LogP contribution in [0.25, 0.3) is 65.8 Å². The van der Waals surface area contributed by atoms with Gasteiger partial charge in [0.1, 0.15) is 11.2 Å². The molecule has 7 aromatic carbocycles. The maximum absolute atomic E-state index is 5.62. The standard InChI is InChI=1S/C52H45BrN4/c1-32-16-14-21-37-38-26-29-43(56-41-27-24-33(51(2,3)4)30-39(41)40-31-34(52(5,6)7)25-28-42(40)56)47(53)49(38)57-45-23-15-22-44(48(45)54-50(57)46(32)37)55(35-17-10-8-11-18-35)36-19-12-9-13-20-36/h8-31H,1-7H3. The van der Waals surface area contributed by atoms with Crippen molar-refractivity contribution < 1.29 is 0 Å². The van der Waals surface area contributed by atoms with Gasteiger partial charge in [0.2, 0.25) is 0 Å². The van der Waals surface area contributed by atoms with Crippen molar-refractivity contribution in [3.63, 3.8) is 0 Å². The molecule has 10 aromatic rings. The minimum Gasteiger partial charge on any atom is -0.308 e. The smallest absolute Gasteiger partial charge is 0.146 e. The van der Waals surface area contributed by atoms with Gasteiger partial charge in [0.15, 0.2) is 0 Å². The number of rotatable bonds is 4. The van der Waals surface area contributed by atoms with Crippen molar-refractivity contribution in [2.45, 2.75) is 59.3 Å². The monoisotopic (exact) mass is 804 g/mol. The Kier molecular flexibility index (Phi) is 7.98. The molecule has 280 valence electrons. The third-order valence-electron chi connectivity index (χ3n) is 11.8. The molecule has 3 aromatic heterocycles. The molecule has 0 aliphatic heterocycles. The lowest BCUT2D eigenvalue weighted by molar-refractivity contribution is 0.590. The first kappa shape index (κ1) is 35.5. The van der Waals surface area contributed by atoms with Crippen LogP contribution in [0.15, 0.2) is 150 Å². The molecular weight excluding hydrogens is 761 g/mol. The van der Waals surface area contributed by atoms with Gasteiger partial charge >= 0.3 is 0 Å². The topological polar surface area (TPSA) is 25.5 Å². The van der Waals surface area contributed by atoms with Crippen molar-refractivity contribution in [2.75, 3.05) is 4.90 Å². The van der Waals surface area contributed by atoms with Crippen LogP contribution in [0.2, 0.25) is 0 Å². The Hall–Kier alpha value is -5.91. The van der Waals surface area contributed by atoms with Crippen LogP contribution in [0, 0.1) is 6.92 Å². The van der Waals surface area contributed by atoms with Gasteiger partial charge in [-0.1, -0.05) is 120 Å². The Labute approximate surface area is 342 Å². The second kappa shape index (κ2) is 12.8. The summed E-state index contributed by atoms with van der Waals surface area (Å²) in [5.74, 6) is 0. The van der Waals surface area contributed by atoms with E-state index in [1.807, 2.05) is 0 Å². The normalized spacial score (nSPS) is 12.6. The second-order valence-corrected chi connectivity index (χ2v) is 18.3. The molecule has 0 N–H and O–H groups in total. The van der Waals surface area contributed by atoms with Gasteiger partial charge in [0, 0.05) is 32.9 Å². The molecule has 0 fully saturated rings. The highest BCUT2D eigenvalue weighted by Gasteiger charge is 2.25. The van der Waals surface area contributed by atoms with Crippen LogP contribution in [0.3, 0.4) is 0 Å². The molecule has 0 amide bonds. The molecule has 0 unspecified atom stereocenters. The second-order valence-electron chi connectivity index (χ2n) is 17.5. The molecule has 57 heavy (non-hydrogen) atoms. The Balaban J connectivity index is 1.33. The zero-order valence-electron chi connectivity index (χ0n) is 33.5. The predicted molar refractivity (Wildman–Crippen MR) is 247 cm³/mol. The average molecular weight is 806 g/mol. The van der Waals surface area contributed by atoms with Gasteiger partial charge in [-0.2, -0.15) is 0 Å². The summed E-state index contributed by atoms with van der Waals surface area (Å²) < 4.78 is 5.88. The molecule has 0 radical (unpaired) electrons. The first-order chi connectivity index (χ1) is 27.4. The Morgan fingerprint density at radius 1 is 0.544 bits per heavy atom. The minimum absolute atomic E-state index is 0.0243. The number of nitrogens with zero attached hydrogens (tertiary/aromatic N) is 4. The quantitative estimate of drug-likeness (QED) is 0.166. The summed E-state index contributed by atoms with van der Waals surface area (Å²) in [6.45, 7) is 16.0. The molecule has 0 spiro atoms. The lowest BCUT2D eigenvalue weighted by atomic mass is 9.85. The van der Waals surface area contributed by atoms with E-state index in [-0.39, 0.29) is 10.8 Å². The Morgan fingerprint density at radius 3 is 1.70 bits per heavy atom. The van der Waals surface area contributed by atoms with E-state index in [2.05, 4.69) is 224 Å². The number of halogens is 1. The van der Waals surface area contributed by atoms with E-state index in [0.29, 0.717) is 0 Å². The Morgan fingerprint density at radius 2 is 1.12 bits per heavy atom. The lowest BCUT2D eigenvalue weighted by Gasteiger charge is -2.25. The van der Waals surface area contributed by atoms with Gasteiger partial charge in [0.25, 0.3) is 0 Å². The molecule has 10 rings (SSSR count). The fourth-order valence-corrected chi connectivity index (χ4v) is 9.51. The molecular formula is C52H45BrN4. The predicted octanol–water partition coefficient (Wildman–Crippen LogP) is 15.0. The number of para-hydroxylation sites is 3. The third-order valence-corrected chi connectivity index (χ3v) is 12.6. The highest BCUT2D eigenvalue weighted by molar-refractivity contribution is 9.10. The minimum atomic E-state index is 0.0243. The third kappa shape index (κ3) is 5.50. The van der Waals surface area contributed by atoms with E-state index in [9.17, 15) is 0 Å². The summed E-state index contributed by atoms with van der Waals surface area (Å²) in [5.41, 5.74) is 14.6. The number of imidazole rings is 1. The Bertz CT molecular complexity index is 3100. The number of aryl methyl sites for hydroxylation is 1. The highest BCUT2D eigenvalue weighted by Crippen LogP contribution is 2.45. The van der Waals surface area contributed by atoms with Gasteiger partial charge in [-0.05, 0) is 122 Å². The first-order valence-corrected chi connectivity index (χ1v) is 20.6. The van der Waals surface area contributed by atoms with E-state index < -0.39 is 0 Å². The van der Waals surface area contributed by atoms with E-state index in [4.69, 9.17) is 4.98 Å². The summed E-state index contributed by atoms with van der Waals surface area (Å²) in [6, 6.07) is 53.1. The van der Waals surface area contributed by atoms with Crippen LogP contribution in [0.1, 0.15) is 58.2 Å². The van der Waals surface area contributed by atoms with Crippen molar-refractivity contribution in [1.29, 1.82) is 0 Å². The number of aromatic nitrogens is 3. The van der Waals surface area contributed by atoms with Crippen molar-refractivity contribution in [3.05, 3.63) is 167 Å². The molecule has 0 atom stereocenters. The number of anilines is 3. The maximum Gasteiger partial charge on any atom is 0.146 e. The van der Waals surface area contributed by atoms with Gasteiger partial charge < -0.3 is 9.47 Å². The highest BCUT2D eigenvalue weighted by atomic mass is 79.9. The zero-order chi connectivity index (χ0) is 39.4. The fraction of sp³-hybridized carbons (Fsp3) is 0.173. The number of benzene rings is 7. The first-order valence-electron chi connectivity index (χ1n) is 19.8. The number of pyridine rings is 1. The zero-order valence-corrected chi connectivity index (χ0v) is 35.1. The van der Waals surface area contributed by atoms with Crippen LogP contribution in [-0.2, 0) is 10.8 Å². The maximum atomic E-state index is 5.62. The summed E-state index contributed by atoms with van der Waals surface area (Å²) in [5, 5.41) is 6.08. The van der Waals surface area contributed by atoms with Crippen LogP contribution in [0.5, 0.6) is 0 Å². The molecule has 0 saturated carbocycles. The van der Waals surface area contributed by atoms with Gasteiger partial charge in [-0.3, -0.25) is 4.40 Å². The number of fused-ring (bicyclic) bond motifs is 11. The lowest BCUT2D eigenvalue weighted by Crippen LogP contribution is -2.10. The molecule has 0 aliphatic carbocycles. The van der Waals surface area contributed by atoms with Gasteiger partial charge in [0.05, 0.1) is 37.9 Å². The fourth-order valence-electron chi connectivity index (χ4n) is 8.81. The van der Waals surface area contributed by atoms with E-state index in [0.717, 1.165) is 49.4 Å². The van der Waals surface area contributed by atoms with E-state index >= 15 is 0 Å². The van der Waals surface area contributed by atoms with E-state index in [1.165, 1.54) is 54.7 Å². The summed E-state index contributed by atoms with van der Waals surface area (Å²) >= 11 is 4.30. The summed E-state index contributed by atoms with van der Waals surface area (Å²) in [6.07, 6.45) is 0. The molecule has 0 aliphatic rings. The number of hydrogen-bond acceptors (Lipinski definition) is 2. The van der Waals surface area contributed by atoms with Crippen LogP contribution in [0.4, 0.5) is 17.1 Å². The van der Waals surface area contributed by atoms with Gasteiger partial charge in [-0.15, -0.1) is 0 Å². The van der Waals surface area contributed by atoms with Crippen LogP contribution >= 0.6 is 15.9 Å². The molecule has 0 saturated heterocycles. The molecule has 0 bridgehead atoms. The summed E-state index contributed by atoms with van der Waals surface area (Å²) in [4.78, 5) is 7.94. The van der Waals surface area contributed by atoms with Crippen LogP contribution < -0.4 is 4.90 Å². The van der Waals surface area contributed by atoms with Crippen LogP contribution in [-0.4, -0.2) is 14.0 Å². The molecule has 5 heteroatoms. The SMILES string of the molecule is Cc1cccc2c3ccc(-n4c5ccc(C(C)(C)C)cc5c5cc(C(C)(C)C)ccc54)c(Br)c3n3c4cccc(N(c5ccccc5)c5ccccc5)c4nc3c12. The number of hydrogen-bond donors (Lipinski definition) is 0. The largest absolute Gasteiger partial charge is 0.308 e. The van der Waals surface area contributed by atoms with E-state index in [1.54, 1.807) is 0 Å².